The molecule has 0 spiro atoms. The average molecular weight is 263 g/mol. The van der Waals surface area contributed by atoms with Crippen LogP contribution in [0.25, 0.3) is 0 Å². The van der Waals surface area contributed by atoms with E-state index in [0.717, 1.165) is 23.7 Å². The van der Waals surface area contributed by atoms with E-state index in [4.69, 9.17) is 5.26 Å². The van der Waals surface area contributed by atoms with Crippen LogP contribution in [0.3, 0.4) is 0 Å². The van der Waals surface area contributed by atoms with Gasteiger partial charge < -0.3 is 0 Å². The molecule has 2 heteroatoms. The molecule has 0 aromatic carbocycles. The minimum atomic E-state index is 0.195. The fourth-order valence-electron chi connectivity index (χ4n) is 4.05. The van der Waals surface area contributed by atoms with Crippen molar-refractivity contribution in [3.8, 4) is 5.40 Å². The number of allylic oxidation sites excluding steroid dienone is 2. The minimum Gasteiger partial charge on any atom is -0.185 e. The fourth-order valence-corrected chi connectivity index (χ4v) is 4.77. The highest BCUT2D eigenvalue weighted by atomic mass is 32.2. The molecule has 0 bridgehead atoms. The maximum Gasteiger partial charge on any atom is 0.133 e. The molecule has 2 rings (SSSR count). The Labute approximate surface area is 116 Å². The lowest BCUT2D eigenvalue weighted by molar-refractivity contribution is 0.119. The van der Waals surface area contributed by atoms with E-state index in [1.54, 1.807) is 5.57 Å². The third-order valence-electron chi connectivity index (χ3n) is 5.16. The van der Waals surface area contributed by atoms with E-state index < -0.39 is 0 Å². The van der Waals surface area contributed by atoms with Gasteiger partial charge >= 0.3 is 0 Å². The van der Waals surface area contributed by atoms with Gasteiger partial charge in [-0.3, -0.25) is 0 Å². The van der Waals surface area contributed by atoms with Crippen LogP contribution < -0.4 is 0 Å². The lowest BCUT2D eigenvalue weighted by Crippen LogP contribution is -2.41. The Morgan fingerprint density at radius 1 is 1.50 bits per heavy atom. The van der Waals surface area contributed by atoms with Crippen LogP contribution in [0.4, 0.5) is 0 Å². The Morgan fingerprint density at radius 3 is 2.83 bits per heavy atom. The molecule has 0 heterocycles. The van der Waals surface area contributed by atoms with Crippen molar-refractivity contribution in [2.45, 2.75) is 58.1 Å². The molecule has 0 N–H and O–H groups in total. The van der Waals surface area contributed by atoms with Gasteiger partial charge in [-0.15, -0.1) is 0 Å². The number of rotatable bonds is 2. The Balaban J connectivity index is 2.21. The van der Waals surface area contributed by atoms with Gasteiger partial charge in [-0.25, -0.2) is 0 Å². The third kappa shape index (κ3) is 2.62. The Kier molecular flexibility index (Phi) is 4.11. The minimum absolute atomic E-state index is 0.195. The number of nitrogens with zero attached hydrogens (tertiary/aromatic N) is 1. The summed E-state index contributed by atoms with van der Waals surface area (Å²) in [6.45, 7) is 9.33. The van der Waals surface area contributed by atoms with Crippen molar-refractivity contribution in [3.63, 3.8) is 0 Å². The number of hydrogen-bond donors (Lipinski definition) is 0. The van der Waals surface area contributed by atoms with Gasteiger partial charge in [-0.2, -0.15) is 5.26 Å². The number of nitriles is 1. The molecule has 0 aromatic heterocycles. The molecule has 2 aliphatic carbocycles. The third-order valence-corrected chi connectivity index (χ3v) is 6.12. The molecular weight excluding hydrogens is 238 g/mol. The van der Waals surface area contributed by atoms with Gasteiger partial charge in [-0.1, -0.05) is 25.5 Å². The number of thioether (sulfide) groups is 1. The molecule has 18 heavy (non-hydrogen) atoms. The maximum absolute atomic E-state index is 9.01. The van der Waals surface area contributed by atoms with Crippen molar-refractivity contribution in [2.24, 2.45) is 23.7 Å². The molecule has 1 fully saturated rings. The van der Waals surface area contributed by atoms with E-state index in [9.17, 15) is 0 Å². The van der Waals surface area contributed by atoms with Gasteiger partial charge in [0, 0.05) is 4.75 Å². The van der Waals surface area contributed by atoms with E-state index in [-0.39, 0.29) is 4.75 Å². The Bertz CT molecular complexity index is 379. The van der Waals surface area contributed by atoms with Gasteiger partial charge in [0.05, 0.1) is 0 Å². The summed E-state index contributed by atoms with van der Waals surface area (Å²) in [5, 5.41) is 11.3. The SMILES string of the molecule is CC1=CC[C@H](C(C)C)[C@@H]2C[C@](C)(SC#N)CC[C@H]12. The zero-order valence-electron chi connectivity index (χ0n) is 12.1. The van der Waals surface area contributed by atoms with Crippen LogP contribution in [0.2, 0.25) is 0 Å². The molecule has 0 unspecified atom stereocenters. The molecule has 0 saturated heterocycles. The van der Waals surface area contributed by atoms with Crippen molar-refractivity contribution in [1.29, 1.82) is 5.26 Å². The average Bonchev–Trinajstić information content (AvgIpc) is 2.28. The Hall–Kier alpha value is -0.420. The molecule has 0 amide bonds. The predicted molar refractivity (Wildman–Crippen MR) is 79.1 cm³/mol. The molecule has 0 radical (unpaired) electrons. The highest BCUT2D eigenvalue weighted by molar-refractivity contribution is 8.05. The first-order valence-electron chi connectivity index (χ1n) is 7.20. The predicted octanol–water partition coefficient (Wildman–Crippen LogP) is 5.00. The first kappa shape index (κ1) is 14.0. The molecule has 0 aliphatic heterocycles. The second-order valence-electron chi connectivity index (χ2n) is 6.75. The number of thiocyanates is 1. The number of hydrogen-bond acceptors (Lipinski definition) is 2. The highest BCUT2D eigenvalue weighted by Crippen LogP contribution is 2.52. The van der Waals surface area contributed by atoms with Crippen molar-refractivity contribution in [2.75, 3.05) is 0 Å². The quantitative estimate of drug-likeness (QED) is 0.517. The second kappa shape index (κ2) is 5.29. The van der Waals surface area contributed by atoms with Crippen molar-refractivity contribution >= 4 is 11.8 Å². The summed E-state index contributed by atoms with van der Waals surface area (Å²) in [6.07, 6.45) is 7.43. The fraction of sp³-hybridized carbons (Fsp3) is 0.812. The summed E-state index contributed by atoms with van der Waals surface area (Å²) in [5.74, 6) is 3.17. The standard InChI is InChI=1S/C16H25NS/c1-11(2)13-6-5-12(3)14-7-8-16(4,18-10-17)9-15(13)14/h5,11,13-15H,6-9H2,1-4H3/t13-,14-,15+,16-/m1/s1. The summed E-state index contributed by atoms with van der Waals surface area (Å²) in [7, 11) is 0. The summed E-state index contributed by atoms with van der Waals surface area (Å²) in [4.78, 5) is 0. The van der Waals surface area contributed by atoms with Crippen LogP contribution in [0, 0.1) is 34.3 Å². The summed E-state index contributed by atoms with van der Waals surface area (Å²) in [5.41, 5.74) is 1.61. The smallest absolute Gasteiger partial charge is 0.133 e. The topological polar surface area (TPSA) is 23.8 Å². The zero-order chi connectivity index (χ0) is 13.3. The first-order chi connectivity index (χ1) is 8.47. The lowest BCUT2D eigenvalue weighted by atomic mass is 9.60. The van der Waals surface area contributed by atoms with Gasteiger partial charge in [0.2, 0.25) is 0 Å². The molecule has 1 nitrogen and oxygen atoms in total. The van der Waals surface area contributed by atoms with Crippen LogP contribution in [0.15, 0.2) is 11.6 Å². The summed E-state index contributed by atoms with van der Waals surface area (Å²) in [6, 6.07) is 0. The number of fused-ring (bicyclic) bond motifs is 1. The molecule has 100 valence electrons. The van der Waals surface area contributed by atoms with Gasteiger partial charge in [-0.05, 0) is 75.0 Å². The van der Waals surface area contributed by atoms with E-state index in [1.807, 2.05) is 0 Å². The van der Waals surface area contributed by atoms with Crippen molar-refractivity contribution < 1.29 is 0 Å². The molecule has 0 aromatic rings. The van der Waals surface area contributed by atoms with Crippen LogP contribution >= 0.6 is 11.8 Å². The summed E-state index contributed by atoms with van der Waals surface area (Å²) < 4.78 is 0.195. The van der Waals surface area contributed by atoms with Crippen molar-refractivity contribution in [1.82, 2.24) is 0 Å². The largest absolute Gasteiger partial charge is 0.185 e. The molecular formula is C16H25NS. The zero-order valence-corrected chi connectivity index (χ0v) is 12.9. The monoisotopic (exact) mass is 263 g/mol. The van der Waals surface area contributed by atoms with Crippen LogP contribution in [-0.4, -0.2) is 4.75 Å². The van der Waals surface area contributed by atoms with Gasteiger partial charge in [0.15, 0.2) is 0 Å². The van der Waals surface area contributed by atoms with E-state index in [2.05, 4.69) is 39.2 Å². The van der Waals surface area contributed by atoms with Gasteiger partial charge in [0.25, 0.3) is 0 Å². The summed E-state index contributed by atoms with van der Waals surface area (Å²) >= 11 is 1.51. The molecule has 2 aliphatic rings. The van der Waals surface area contributed by atoms with Crippen LogP contribution in [0.1, 0.15) is 53.4 Å². The first-order valence-corrected chi connectivity index (χ1v) is 8.02. The highest BCUT2D eigenvalue weighted by Gasteiger charge is 2.44. The van der Waals surface area contributed by atoms with E-state index in [1.165, 1.54) is 37.4 Å². The van der Waals surface area contributed by atoms with Gasteiger partial charge in [0.1, 0.15) is 5.40 Å². The van der Waals surface area contributed by atoms with E-state index in [0.29, 0.717) is 0 Å². The second-order valence-corrected chi connectivity index (χ2v) is 8.12. The van der Waals surface area contributed by atoms with Crippen molar-refractivity contribution in [3.05, 3.63) is 11.6 Å². The molecule has 4 atom stereocenters. The maximum atomic E-state index is 9.01. The van der Waals surface area contributed by atoms with E-state index >= 15 is 0 Å². The lowest BCUT2D eigenvalue weighted by Gasteiger charge is -2.48. The molecule has 1 saturated carbocycles. The Morgan fingerprint density at radius 2 is 2.22 bits per heavy atom. The van der Waals surface area contributed by atoms with Crippen LogP contribution in [0.5, 0.6) is 0 Å². The van der Waals surface area contributed by atoms with Crippen LogP contribution in [-0.2, 0) is 0 Å². The normalized spacial score (nSPS) is 40.0.